The highest BCUT2D eigenvalue weighted by atomic mass is 16.3. The van der Waals surface area contributed by atoms with Crippen LogP contribution in [0.4, 0.5) is 0 Å². The van der Waals surface area contributed by atoms with Crippen LogP contribution in [-0.4, -0.2) is 16.7 Å². The Labute approximate surface area is 70.4 Å². The summed E-state index contributed by atoms with van der Waals surface area (Å²) in [6, 6.07) is 0. The first kappa shape index (κ1) is 8.71. The Morgan fingerprint density at radius 3 is 1.92 bits per heavy atom. The molecule has 1 aliphatic carbocycles. The van der Waals surface area contributed by atoms with Crippen LogP contribution in [0.1, 0.15) is 20.8 Å². The van der Waals surface area contributed by atoms with Crippen molar-refractivity contribution in [3.63, 3.8) is 0 Å². The Balaban J connectivity index is 3.27. The van der Waals surface area contributed by atoms with Gasteiger partial charge in [0.25, 0.3) is 0 Å². The van der Waals surface area contributed by atoms with Crippen LogP contribution in [0, 0.1) is 0 Å². The summed E-state index contributed by atoms with van der Waals surface area (Å²) in [5.41, 5.74) is 0.882. The summed E-state index contributed by atoms with van der Waals surface area (Å²) >= 11 is 0. The van der Waals surface area contributed by atoms with Crippen LogP contribution in [0.5, 0.6) is 0 Å². The Hall–Kier alpha value is -1.38. The Kier molecular flexibility index (Phi) is 1.88. The largest absolute Gasteiger partial charge is 0.507 e. The number of aliphatic hydroxyl groups excluding tert-OH is 1. The third-order valence-corrected chi connectivity index (χ3v) is 2.07. The van der Waals surface area contributed by atoms with Gasteiger partial charge in [0.05, 0.1) is 0 Å². The minimum Gasteiger partial charge on any atom is -0.507 e. The molecule has 0 bridgehead atoms. The quantitative estimate of drug-likeness (QED) is 0.597. The molecule has 0 saturated heterocycles. The third kappa shape index (κ3) is 0.978. The van der Waals surface area contributed by atoms with Gasteiger partial charge in [0.2, 0.25) is 0 Å². The van der Waals surface area contributed by atoms with E-state index < -0.39 is 0 Å². The first-order valence-electron chi connectivity index (χ1n) is 3.63. The fourth-order valence-electron chi connectivity index (χ4n) is 1.16. The van der Waals surface area contributed by atoms with E-state index in [1.807, 2.05) is 0 Å². The van der Waals surface area contributed by atoms with Crippen LogP contribution in [-0.2, 0) is 9.59 Å². The van der Waals surface area contributed by atoms with E-state index in [-0.39, 0.29) is 22.9 Å². The zero-order valence-corrected chi connectivity index (χ0v) is 7.26. The lowest BCUT2D eigenvalue weighted by Gasteiger charge is -1.94. The van der Waals surface area contributed by atoms with Crippen molar-refractivity contribution in [2.45, 2.75) is 20.8 Å². The Morgan fingerprint density at radius 2 is 1.75 bits per heavy atom. The molecule has 3 nitrogen and oxygen atoms in total. The van der Waals surface area contributed by atoms with E-state index in [0.29, 0.717) is 11.1 Å². The zero-order chi connectivity index (χ0) is 9.46. The number of Topliss-reactive ketones (excluding diaryl/α,β-unsaturated/α-hetero) is 2. The molecule has 0 fully saturated rings. The van der Waals surface area contributed by atoms with Gasteiger partial charge in [-0.05, 0) is 26.3 Å². The summed E-state index contributed by atoms with van der Waals surface area (Å²) in [6.45, 7) is 4.50. The highest BCUT2D eigenvalue weighted by molar-refractivity contribution is 6.28. The molecule has 0 aliphatic heterocycles. The van der Waals surface area contributed by atoms with Crippen molar-refractivity contribution in [3.05, 3.63) is 22.5 Å². The lowest BCUT2D eigenvalue weighted by atomic mass is 10.1. The highest BCUT2D eigenvalue weighted by Crippen LogP contribution is 2.27. The van der Waals surface area contributed by atoms with Crippen molar-refractivity contribution in [3.8, 4) is 0 Å². The van der Waals surface area contributed by atoms with E-state index >= 15 is 0 Å². The second-order valence-electron chi connectivity index (χ2n) is 2.86. The number of hydrogen-bond donors (Lipinski definition) is 1. The maximum absolute atomic E-state index is 11.3. The molecular formula is C9H10O3. The van der Waals surface area contributed by atoms with Gasteiger partial charge in [-0.1, -0.05) is 0 Å². The zero-order valence-electron chi connectivity index (χ0n) is 7.26. The van der Waals surface area contributed by atoms with E-state index in [0.717, 1.165) is 0 Å². The van der Waals surface area contributed by atoms with Crippen molar-refractivity contribution in [2.75, 3.05) is 0 Å². The molecular weight excluding hydrogens is 156 g/mol. The van der Waals surface area contributed by atoms with E-state index in [2.05, 4.69) is 0 Å². The van der Waals surface area contributed by atoms with Gasteiger partial charge in [-0.25, -0.2) is 0 Å². The van der Waals surface area contributed by atoms with Gasteiger partial charge < -0.3 is 5.11 Å². The number of hydrogen-bond acceptors (Lipinski definition) is 3. The lowest BCUT2D eigenvalue weighted by Crippen LogP contribution is -2.08. The number of carbonyl (C=O) groups is 2. The average Bonchev–Trinajstić information content (AvgIpc) is 2.16. The van der Waals surface area contributed by atoms with E-state index in [9.17, 15) is 14.7 Å². The first-order chi connectivity index (χ1) is 5.46. The van der Waals surface area contributed by atoms with Crippen molar-refractivity contribution in [1.29, 1.82) is 0 Å². The van der Waals surface area contributed by atoms with Gasteiger partial charge in [0.1, 0.15) is 11.3 Å². The monoisotopic (exact) mass is 166 g/mol. The fourth-order valence-corrected chi connectivity index (χ4v) is 1.16. The first-order valence-corrected chi connectivity index (χ1v) is 3.63. The number of aliphatic hydroxyl groups is 1. The van der Waals surface area contributed by atoms with Crippen LogP contribution in [0.15, 0.2) is 22.5 Å². The number of rotatable bonds is 1. The van der Waals surface area contributed by atoms with Crippen LogP contribution < -0.4 is 0 Å². The van der Waals surface area contributed by atoms with E-state index in [4.69, 9.17) is 0 Å². The molecule has 0 amide bonds. The van der Waals surface area contributed by atoms with Crippen molar-refractivity contribution in [2.24, 2.45) is 0 Å². The standard InChI is InChI=1S/C9H10O3/c1-4-5(2)9(12)7(6(3)10)8(4)11/h11H,1-3H3. The minimum absolute atomic E-state index is 0.0787. The van der Waals surface area contributed by atoms with Gasteiger partial charge in [-0.3, -0.25) is 9.59 Å². The molecule has 12 heavy (non-hydrogen) atoms. The average molecular weight is 166 g/mol. The summed E-state index contributed by atoms with van der Waals surface area (Å²) < 4.78 is 0. The normalized spacial score (nSPS) is 17.8. The lowest BCUT2D eigenvalue weighted by molar-refractivity contribution is -0.118. The molecule has 3 heteroatoms. The number of carbonyl (C=O) groups excluding carboxylic acids is 2. The predicted molar refractivity (Wildman–Crippen MR) is 43.7 cm³/mol. The molecule has 1 rings (SSSR count). The number of ketones is 2. The molecule has 0 saturated carbocycles. The van der Waals surface area contributed by atoms with E-state index in [1.165, 1.54) is 6.92 Å². The summed E-state index contributed by atoms with van der Waals surface area (Å²) in [5, 5.41) is 9.35. The third-order valence-electron chi connectivity index (χ3n) is 2.07. The van der Waals surface area contributed by atoms with Crippen molar-refractivity contribution < 1.29 is 14.7 Å². The molecule has 0 radical (unpaired) electrons. The Bertz CT molecular complexity index is 332. The summed E-state index contributed by atoms with van der Waals surface area (Å²) in [7, 11) is 0. The number of allylic oxidation sites excluding steroid dienone is 3. The highest BCUT2D eigenvalue weighted by Gasteiger charge is 2.29. The molecule has 0 spiro atoms. The van der Waals surface area contributed by atoms with Crippen molar-refractivity contribution >= 4 is 11.6 Å². The molecule has 0 heterocycles. The van der Waals surface area contributed by atoms with Gasteiger partial charge >= 0.3 is 0 Å². The van der Waals surface area contributed by atoms with Crippen LogP contribution in [0.25, 0.3) is 0 Å². The molecule has 0 atom stereocenters. The van der Waals surface area contributed by atoms with Gasteiger partial charge in [0.15, 0.2) is 11.6 Å². The fraction of sp³-hybridized carbons (Fsp3) is 0.333. The predicted octanol–water partition coefficient (Wildman–Crippen LogP) is 1.31. The molecule has 0 aromatic heterocycles. The molecule has 0 aromatic carbocycles. The van der Waals surface area contributed by atoms with Gasteiger partial charge in [-0.2, -0.15) is 0 Å². The SMILES string of the molecule is CC(=O)C1=C(O)C(C)=C(C)C1=O. The molecule has 1 N–H and O–H groups in total. The van der Waals surface area contributed by atoms with E-state index in [1.54, 1.807) is 13.8 Å². The summed E-state index contributed by atoms with van der Waals surface area (Å²) in [4.78, 5) is 22.2. The maximum atomic E-state index is 11.3. The van der Waals surface area contributed by atoms with Gasteiger partial charge in [-0.15, -0.1) is 0 Å². The molecule has 1 aliphatic rings. The van der Waals surface area contributed by atoms with Crippen molar-refractivity contribution in [1.82, 2.24) is 0 Å². The topological polar surface area (TPSA) is 54.4 Å². The summed E-state index contributed by atoms with van der Waals surface area (Å²) in [5.74, 6) is -0.892. The van der Waals surface area contributed by atoms with Crippen LogP contribution in [0.2, 0.25) is 0 Å². The second-order valence-corrected chi connectivity index (χ2v) is 2.86. The second kappa shape index (κ2) is 2.59. The minimum atomic E-state index is -0.381. The van der Waals surface area contributed by atoms with Crippen LogP contribution in [0.3, 0.4) is 0 Å². The van der Waals surface area contributed by atoms with Gasteiger partial charge in [0, 0.05) is 5.57 Å². The maximum Gasteiger partial charge on any atom is 0.196 e. The Morgan fingerprint density at radius 1 is 1.25 bits per heavy atom. The molecule has 64 valence electrons. The molecule has 0 unspecified atom stereocenters. The smallest absolute Gasteiger partial charge is 0.196 e. The van der Waals surface area contributed by atoms with Crippen LogP contribution >= 0.6 is 0 Å². The summed E-state index contributed by atoms with van der Waals surface area (Å²) in [6.07, 6.45) is 0. The molecule has 0 aromatic rings.